The molecule has 0 fully saturated rings. The van der Waals surface area contributed by atoms with Crippen LogP contribution in [-0.2, 0) is 16.4 Å². The Hall–Kier alpha value is -3.52. The maximum Gasteiger partial charge on any atom is 0.264 e. The molecule has 3 aromatic rings. The number of sulfonamides is 1. The molecule has 0 aromatic heterocycles. The molecule has 172 valence electrons. The van der Waals surface area contributed by atoms with E-state index in [4.69, 9.17) is 9.47 Å². The number of hydrogen-bond donors (Lipinski definition) is 1. The fourth-order valence-corrected chi connectivity index (χ4v) is 5.41. The lowest BCUT2D eigenvalue weighted by Crippen LogP contribution is -2.35. The second kappa shape index (κ2) is 9.15. The van der Waals surface area contributed by atoms with Gasteiger partial charge in [0, 0.05) is 23.9 Å². The Kier molecular flexibility index (Phi) is 6.29. The van der Waals surface area contributed by atoms with Crippen LogP contribution in [-0.4, -0.2) is 35.1 Å². The van der Waals surface area contributed by atoms with Crippen molar-refractivity contribution in [2.24, 2.45) is 0 Å². The van der Waals surface area contributed by atoms with Crippen LogP contribution in [0.15, 0.2) is 65.6 Å². The van der Waals surface area contributed by atoms with Crippen LogP contribution in [0.4, 0.5) is 11.4 Å². The van der Waals surface area contributed by atoms with E-state index in [0.29, 0.717) is 41.4 Å². The third kappa shape index (κ3) is 4.66. The van der Waals surface area contributed by atoms with Crippen LogP contribution >= 0.6 is 0 Å². The molecule has 7 nitrogen and oxygen atoms in total. The lowest BCUT2D eigenvalue weighted by Gasteiger charge is -2.31. The maximum absolute atomic E-state index is 13.3. The van der Waals surface area contributed by atoms with Gasteiger partial charge in [-0.1, -0.05) is 17.7 Å². The van der Waals surface area contributed by atoms with Crippen molar-refractivity contribution in [2.45, 2.75) is 24.7 Å². The molecular formula is C25H26N2O5S. The first-order valence-corrected chi connectivity index (χ1v) is 12.0. The Morgan fingerprint density at radius 2 is 1.61 bits per heavy atom. The number of nitrogens with one attached hydrogen (secondary N) is 1. The molecule has 33 heavy (non-hydrogen) atoms. The minimum absolute atomic E-state index is 0.269. The summed E-state index contributed by atoms with van der Waals surface area (Å²) < 4.78 is 38.5. The van der Waals surface area contributed by atoms with Gasteiger partial charge in [0.1, 0.15) is 11.5 Å². The predicted molar refractivity (Wildman–Crippen MR) is 128 cm³/mol. The molecule has 1 N–H and O–H groups in total. The highest BCUT2D eigenvalue weighted by Crippen LogP contribution is 2.34. The molecule has 0 saturated carbocycles. The molecule has 0 bridgehead atoms. The number of rotatable bonds is 6. The molecule has 0 aliphatic carbocycles. The quantitative estimate of drug-likeness (QED) is 0.582. The highest BCUT2D eigenvalue weighted by Gasteiger charge is 2.29. The van der Waals surface area contributed by atoms with E-state index in [9.17, 15) is 13.2 Å². The van der Waals surface area contributed by atoms with Gasteiger partial charge in [-0.25, -0.2) is 8.42 Å². The molecule has 1 amide bonds. The summed E-state index contributed by atoms with van der Waals surface area (Å²) >= 11 is 0. The van der Waals surface area contributed by atoms with Gasteiger partial charge in [0.15, 0.2) is 0 Å². The van der Waals surface area contributed by atoms with Crippen molar-refractivity contribution in [1.29, 1.82) is 0 Å². The summed E-state index contributed by atoms with van der Waals surface area (Å²) in [6, 6.07) is 17.1. The lowest BCUT2D eigenvalue weighted by molar-refractivity contribution is 0.102. The average molecular weight is 467 g/mol. The lowest BCUT2D eigenvalue weighted by atomic mass is 10.0. The van der Waals surface area contributed by atoms with Gasteiger partial charge >= 0.3 is 0 Å². The van der Waals surface area contributed by atoms with E-state index < -0.39 is 10.0 Å². The summed E-state index contributed by atoms with van der Waals surface area (Å²) in [5.41, 5.74) is 3.51. The molecule has 4 rings (SSSR count). The maximum atomic E-state index is 13.3. The normalized spacial score (nSPS) is 13.2. The van der Waals surface area contributed by atoms with E-state index in [2.05, 4.69) is 5.32 Å². The topological polar surface area (TPSA) is 84.9 Å². The van der Waals surface area contributed by atoms with Crippen LogP contribution in [0.5, 0.6) is 11.5 Å². The average Bonchev–Trinajstić information content (AvgIpc) is 2.83. The Morgan fingerprint density at radius 1 is 0.939 bits per heavy atom. The molecule has 3 aromatic carbocycles. The molecule has 0 atom stereocenters. The number of amides is 1. The van der Waals surface area contributed by atoms with Crippen LogP contribution in [0, 0.1) is 6.92 Å². The molecule has 0 spiro atoms. The van der Waals surface area contributed by atoms with E-state index >= 15 is 0 Å². The van der Waals surface area contributed by atoms with Crippen molar-refractivity contribution >= 4 is 27.3 Å². The van der Waals surface area contributed by atoms with Crippen molar-refractivity contribution in [2.75, 3.05) is 30.4 Å². The van der Waals surface area contributed by atoms with Gasteiger partial charge in [0.2, 0.25) is 0 Å². The Labute approximate surface area is 194 Å². The highest BCUT2D eigenvalue weighted by molar-refractivity contribution is 7.92. The molecule has 0 radical (unpaired) electrons. The number of carbonyl (C=O) groups excluding carboxylic acids is 1. The van der Waals surface area contributed by atoms with E-state index in [-0.39, 0.29) is 10.8 Å². The SMILES string of the molecule is COc1cc(OC)cc(C(=O)Nc2ccc3c(c2)CCCN3S(=O)(=O)c2ccc(C)cc2)c1. The zero-order chi connectivity index (χ0) is 23.6. The summed E-state index contributed by atoms with van der Waals surface area (Å²) in [5, 5.41) is 2.88. The first kappa shape index (κ1) is 22.7. The Bertz CT molecular complexity index is 1260. The van der Waals surface area contributed by atoms with Crippen LogP contribution in [0.3, 0.4) is 0 Å². The van der Waals surface area contributed by atoms with Gasteiger partial charge in [-0.15, -0.1) is 0 Å². The number of nitrogens with zero attached hydrogens (tertiary/aromatic N) is 1. The molecule has 1 aliphatic rings. The second-order valence-electron chi connectivity index (χ2n) is 7.89. The smallest absolute Gasteiger partial charge is 0.264 e. The fourth-order valence-electron chi connectivity index (χ4n) is 3.87. The minimum atomic E-state index is -3.67. The van der Waals surface area contributed by atoms with Gasteiger partial charge in [-0.05, 0) is 67.8 Å². The van der Waals surface area contributed by atoms with Crippen molar-refractivity contribution in [3.05, 3.63) is 77.4 Å². The van der Waals surface area contributed by atoms with Gasteiger partial charge in [-0.2, -0.15) is 0 Å². The third-order valence-electron chi connectivity index (χ3n) is 5.64. The van der Waals surface area contributed by atoms with E-state index in [0.717, 1.165) is 17.5 Å². The predicted octanol–water partition coefficient (Wildman–Crippen LogP) is 4.41. The summed E-state index contributed by atoms with van der Waals surface area (Å²) in [4.78, 5) is 13.1. The van der Waals surface area contributed by atoms with Crippen molar-refractivity contribution < 1.29 is 22.7 Å². The summed E-state index contributed by atoms with van der Waals surface area (Å²) in [5.74, 6) is 0.718. The van der Waals surface area contributed by atoms with Crippen LogP contribution in [0.1, 0.15) is 27.9 Å². The van der Waals surface area contributed by atoms with Crippen LogP contribution in [0.2, 0.25) is 0 Å². The van der Waals surface area contributed by atoms with Gasteiger partial charge in [0.25, 0.3) is 15.9 Å². The number of methoxy groups -OCH3 is 2. The molecule has 0 saturated heterocycles. The largest absolute Gasteiger partial charge is 0.497 e. The number of aryl methyl sites for hydroxylation is 2. The third-order valence-corrected chi connectivity index (χ3v) is 7.46. The molecule has 1 heterocycles. The fraction of sp³-hybridized carbons (Fsp3) is 0.240. The molecule has 1 aliphatic heterocycles. The number of ether oxygens (including phenoxy) is 2. The zero-order valence-corrected chi connectivity index (χ0v) is 19.6. The standard InChI is InChI=1S/C25H26N2O5S/c1-17-6-9-23(10-7-17)33(29,30)27-12-4-5-18-13-20(8-11-24(18)27)26-25(28)19-14-21(31-2)16-22(15-19)32-3/h6-11,13-16H,4-5,12H2,1-3H3,(H,26,28). The number of fused-ring (bicyclic) bond motifs is 1. The van der Waals surface area contributed by atoms with Crippen LogP contribution < -0.4 is 19.1 Å². The molecule has 0 unspecified atom stereocenters. The van der Waals surface area contributed by atoms with Gasteiger partial charge in [-0.3, -0.25) is 9.10 Å². The Balaban J connectivity index is 1.60. The molecular weight excluding hydrogens is 440 g/mol. The monoisotopic (exact) mass is 466 g/mol. The van der Waals surface area contributed by atoms with E-state index in [1.807, 2.05) is 13.0 Å². The summed E-state index contributed by atoms with van der Waals surface area (Å²) in [6.45, 7) is 2.34. The summed E-state index contributed by atoms with van der Waals surface area (Å²) in [7, 11) is -0.620. The first-order valence-electron chi connectivity index (χ1n) is 10.6. The zero-order valence-electron chi connectivity index (χ0n) is 18.8. The number of benzene rings is 3. The first-order chi connectivity index (χ1) is 15.8. The molecule has 8 heteroatoms. The van der Waals surface area contributed by atoms with Crippen molar-refractivity contribution in [3.8, 4) is 11.5 Å². The minimum Gasteiger partial charge on any atom is -0.497 e. The number of carbonyl (C=O) groups is 1. The number of hydrogen-bond acceptors (Lipinski definition) is 5. The summed E-state index contributed by atoms with van der Waals surface area (Å²) in [6.07, 6.45) is 1.43. The van der Waals surface area contributed by atoms with E-state index in [1.165, 1.54) is 18.5 Å². The van der Waals surface area contributed by atoms with Crippen molar-refractivity contribution in [3.63, 3.8) is 0 Å². The highest BCUT2D eigenvalue weighted by atomic mass is 32.2. The van der Waals surface area contributed by atoms with Crippen LogP contribution in [0.25, 0.3) is 0 Å². The van der Waals surface area contributed by atoms with Gasteiger partial charge in [0.05, 0.1) is 24.8 Å². The Morgan fingerprint density at radius 3 is 2.24 bits per heavy atom. The van der Waals surface area contributed by atoms with Gasteiger partial charge < -0.3 is 14.8 Å². The second-order valence-corrected chi connectivity index (χ2v) is 9.76. The number of anilines is 2. The van der Waals surface area contributed by atoms with Crippen molar-refractivity contribution in [1.82, 2.24) is 0 Å². The van der Waals surface area contributed by atoms with E-state index in [1.54, 1.807) is 54.6 Å².